The minimum atomic E-state index is -3.83. The van der Waals surface area contributed by atoms with Gasteiger partial charge in [0.25, 0.3) is 15.9 Å². The summed E-state index contributed by atoms with van der Waals surface area (Å²) in [5.74, 6) is -0.478. The maximum Gasteiger partial charge on any atom is 0.261 e. The van der Waals surface area contributed by atoms with Gasteiger partial charge in [-0.15, -0.1) is 0 Å². The molecule has 0 saturated heterocycles. The zero-order valence-electron chi connectivity index (χ0n) is 15.7. The molecule has 6 nitrogen and oxygen atoms in total. The fraction of sp³-hybridized carbons (Fsp3) is 0.0476. The maximum atomic E-state index is 12.9. The van der Waals surface area contributed by atoms with Gasteiger partial charge in [0.1, 0.15) is 0 Å². The molecular formula is C21H16ClN3O3S2. The van der Waals surface area contributed by atoms with Crippen molar-refractivity contribution in [3.8, 4) is 0 Å². The molecule has 4 aromatic rings. The second-order valence-electron chi connectivity index (χ2n) is 6.48. The van der Waals surface area contributed by atoms with Gasteiger partial charge in [-0.05, 0) is 42.8 Å². The number of rotatable bonds is 5. The number of nitrogens with one attached hydrogen (secondary N) is 2. The van der Waals surface area contributed by atoms with Gasteiger partial charge >= 0.3 is 0 Å². The van der Waals surface area contributed by atoms with Crippen molar-refractivity contribution in [1.82, 2.24) is 4.98 Å². The van der Waals surface area contributed by atoms with E-state index >= 15 is 0 Å². The highest BCUT2D eigenvalue weighted by Gasteiger charge is 2.19. The molecular weight excluding hydrogens is 442 g/mol. The summed E-state index contributed by atoms with van der Waals surface area (Å²) in [4.78, 5) is 17.5. The summed E-state index contributed by atoms with van der Waals surface area (Å²) in [6.45, 7) is 1.91. The molecule has 0 bridgehead atoms. The predicted molar refractivity (Wildman–Crippen MR) is 121 cm³/mol. The lowest BCUT2D eigenvalue weighted by Crippen LogP contribution is -2.18. The Morgan fingerprint density at radius 1 is 1.00 bits per heavy atom. The Morgan fingerprint density at radius 2 is 1.70 bits per heavy atom. The van der Waals surface area contributed by atoms with Crippen LogP contribution in [0, 0.1) is 6.92 Å². The lowest BCUT2D eigenvalue weighted by molar-refractivity contribution is 0.102. The van der Waals surface area contributed by atoms with Crippen molar-refractivity contribution in [2.45, 2.75) is 11.8 Å². The van der Waals surface area contributed by atoms with Gasteiger partial charge in [-0.1, -0.05) is 59.3 Å². The number of sulfonamides is 1. The highest BCUT2D eigenvalue weighted by atomic mass is 35.5. The van der Waals surface area contributed by atoms with Crippen molar-refractivity contribution >= 4 is 59.9 Å². The molecule has 0 spiro atoms. The van der Waals surface area contributed by atoms with Crippen LogP contribution in [-0.4, -0.2) is 19.3 Å². The van der Waals surface area contributed by atoms with Gasteiger partial charge in [-0.2, -0.15) is 0 Å². The summed E-state index contributed by atoms with van der Waals surface area (Å²) >= 11 is 7.50. The minimum Gasteiger partial charge on any atom is -0.298 e. The van der Waals surface area contributed by atoms with Gasteiger partial charge < -0.3 is 0 Å². The second kappa shape index (κ2) is 8.06. The molecule has 1 heterocycles. The number of fused-ring (bicyclic) bond motifs is 1. The van der Waals surface area contributed by atoms with Crippen LogP contribution in [0.15, 0.2) is 71.6 Å². The number of hydrogen-bond acceptors (Lipinski definition) is 5. The number of carbonyl (C=O) groups excluding carboxylic acids is 1. The third-order valence-corrected chi connectivity index (χ3v) is 7.20. The van der Waals surface area contributed by atoms with Crippen molar-refractivity contribution in [2.24, 2.45) is 0 Å². The van der Waals surface area contributed by atoms with Gasteiger partial charge in [0.05, 0.1) is 31.4 Å². The van der Waals surface area contributed by atoms with Gasteiger partial charge in [-0.3, -0.25) is 14.8 Å². The lowest BCUT2D eigenvalue weighted by atomic mass is 10.2. The van der Waals surface area contributed by atoms with E-state index < -0.39 is 15.9 Å². The number of benzene rings is 3. The second-order valence-corrected chi connectivity index (χ2v) is 9.57. The van der Waals surface area contributed by atoms with Crippen LogP contribution in [0.5, 0.6) is 0 Å². The number of carbonyl (C=O) groups is 1. The van der Waals surface area contributed by atoms with E-state index in [1.165, 1.54) is 29.5 Å². The van der Waals surface area contributed by atoms with E-state index in [4.69, 9.17) is 11.6 Å². The van der Waals surface area contributed by atoms with Crippen molar-refractivity contribution in [3.63, 3.8) is 0 Å². The maximum absolute atomic E-state index is 12.9. The summed E-state index contributed by atoms with van der Waals surface area (Å²) in [5, 5.41) is 3.68. The molecule has 3 aromatic carbocycles. The van der Waals surface area contributed by atoms with E-state index in [1.807, 2.05) is 13.0 Å². The number of para-hydroxylation sites is 1. The fourth-order valence-electron chi connectivity index (χ4n) is 2.89. The van der Waals surface area contributed by atoms with Crippen molar-refractivity contribution in [2.75, 3.05) is 10.0 Å². The summed E-state index contributed by atoms with van der Waals surface area (Å²) in [6.07, 6.45) is 0. The third kappa shape index (κ3) is 4.02. The van der Waals surface area contributed by atoms with Crippen molar-refractivity contribution < 1.29 is 13.2 Å². The number of anilines is 2. The molecule has 0 atom stereocenters. The number of thiazole rings is 1. The van der Waals surface area contributed by atoms with Gasteiger partial charge in [-0.25, -0.2) is 13.4 Å². The molecule has 0 saturated carbocycles. The first kappa shape index (κ1) is 20.3. The quantitative estimate of drug-likeness (QED) is 0.425. The van der Waals surface area contributed by atoms with Crippen LogP contribution in [0.3, 0.4) is 0 Å². The highest BCUT2D eigenvalue weighted by Crippen LogP contribution is 2.34. The summed E-state index contributed by atoms with van der Waals surface area (Å²) < 4.78 is 28.6. The monoisotopic (exact) mass is 457 g/mol. The Bertz CT molecular complexity index is 1310. The Kier molecular flexibility index (Phi) is 5.46. The Morgan fingerprint density at radius 3 is 2.43 bits per heavy atom. The van der Waals surface area contributed by atoms with E-state index in [0.29, 0.717) is 10.2 Å². The largest absolute Gasteiger partial charge is 0.298 e. The van der Waals surface area contributed by atoms with E-state index in [1.54, 1.807) is 42.5 Å². The molecule has 30 heavy (non-hydrogen) atoms. The van der Waals surface area contributed by atoms with E-state index in [0.717, 1.165) is 15.8 Å². The molecule has 0 aliphatic carbocycles. The van der Waals surface area contributed by atoms with Crippen LogP contribution in [0.2, 0.25) is 5.02 Å². The average molecular weight is 458 g/mol. The summed E-state index contributed by atoms with van der Waals surface area (Å²) in [6, 6.07) is 18.0. The molecule has 4 rings (SSSR count). The number of nitrogens with zero attached hydrogens (tertiary/aromatic N) is 1. The first-order chi connectivity index (χ1) is 14.3. The molecule has 0 aliphatic heterocycles. The molecule has 9 heteroatoms. The van der Waals surface area contributed by atoms with Gasteiger partial charge in [0, 0.05) is 0 Å². The molecule has 1 amide bonds. The van der Waals surface area contributed by atoms with E-state index in [2.05, 4.69) is 15.0 Å². The first-order valence-corrected chi connectivity index (χ1v) is 11.6. The Labute approximate surface area is 182 Å². The smallest absolute Gasteiger partial charge is 0.261 e. The lowest BCUT2D eigenvalue weighted by Gasteiger charge is -2.12. The van der Waals surface area contributed by atoms with Crippen LogP contribution in [-0.2, 0) is 10.0 Å². The van der Waals surface area contributed by atoms with Gasteiger partial charge in [0.2, 0.25) is 0 Å². The zero-order valence-corrected chi connectivity index (χ0v) is 18.1. The molecule has 0 radical (unpaired) electrons. The van der Waals surface area contributed by atoms with Crippen LogP contribution in [0.4, 0.5) is 10.8 Å². The molecule has 0 unspecified atom stereocenters. The van der Waals surface area contributed by atoms with E-state index in [-0.39, 0.29) is 16.1 Å². The molecule has 0 aliphatic rings. The number of amides is 1. The molecule has 152 valence electrons. The zero-order chi connectivity index (χ0) is 21.3. The summed E-state index contributed by atoms with van der Waals surface area (Å²) in [7, 11) is -3.83. The first-order valence-electron chi connectivity index (χ1n) is 8.89. The number of aryl methyl sites for hydroxylation is 1. The van der Waals surface area contributed by atoms with Crippen LogP contribution in [0.1, 0.15) is 15.9 Å². The standard InChI is InChI=1S/C21H16ClN3O3S2/c1-13-11-12-16(22)19-18(13)23-21(29-19)24-20(26)15-9-5-6-10-17(15)25-30(27,28)14-7-3-2-4-8-14/h2-12,25H,1H3,(H,23,24,26). The number of halogens is 1. The Balaban J connectivity index is 1.63. The fourth-order valence-corrected chi connectivity index (χ4v) is 5.21. The van der Waals surface area contributed by atoms with Crippen LogP contribution >= 0.6 is 22.9 Å². The highest BCUT2D eigenvalue weighted by molar-refractivity contribution is 7.92. The number of hydrogen-bond donors (Lipinski definition) is 2. The van der Waals surface area contributed by atoms with Crippen molar-refractivity contribution in [3.05, 3.63) is 82.9 Å². The number of aromatic nitrogens is 1. The predicted octanol–water partition coefficient (Wildman–Crippen LogP) is 5.31. The van der Waals surface area contributed by atoms with Crippen LogP contribution in [0.25, 0.3) is 10.2 Å². The van der Waals surface area contributed by atoms with Crippen molar-refractivity contribution in [1.29, 1.82) is 0 Å². The molecule has 0 fully saturated rings. The average Bonchev–Trinajstić information content (AvgIpc) is 3.16. The van der Waals surface area contributed by atoms with Gasteiger partial charge in [0.15, 0.2) is 5.13 Å². The van der Waals surface area contributed by atoms with Crippen LogP contribution < -0.4 is 10.0 Å². The minimum absolute atomic E-state index is 0.108. The topological polar surface area (TPSA) is 88.2 Å². The van der Waals surface area contributed by atoms with E-state index in [9.17, 15) is 13.2 Å². The molecule has 1 aromatic heterocycles. The summed E-state index contributed by atoms with van der Waals surface area (Å²) in [5.41, 5.74) is 2.02. The Hall–Kier alpha value is -2.94. The third-order valence-electron chi connectivity index (χ3n) is 4.39. The SMILES string of the molecule is Cc1ccc(Cl)c2sc(NC(=O)c3ccccc3NS(=O)(=O)c3ccccc3)nc12. The normalized spacial score (nSPS) is 11.4. The molecule has 2 N–H and O–H groups in total.